The van der Waals surface area contributed by atoms with Crippen molar-refractivity contribution in [3.63, 3.8) is 0 Å². The summed E-state index contributed by atoms with van der Waals surface area (Å²) in [6.07, 6.45) is 4.27. The van der Waals surface area contributed by atoms with Gasteiger partial charge in [-0.25, -0.2) is 4.98 Å². The van der Waals surface area contributed by atoms with Crippen LogP contribution >= 0.6 is 0 Å². The maximum absolute atomic E-state index is 11.4. The van der Waals surface area contributed by atoms with Gasteiger partial charge in [-0.3, -0.25) is 4.79 Å². The topological polar surface area (TPSA) is 80.0 Å². The Morgan fingerprint density at radius 3 is 2.75 bits per heavy atom. The highest BCUT2D eigenvalue weighted by Gasteiger charge is 2.04. The Hall–Kier alpha value is -1.78. The van der Waals surface area contributed by atoms with Crippen LogP contribution in [0.15, 0.2) is 12.3 Å². The number of aryl methyl sites for hydroxylation is 1. The standard InChI is InChI=1S/C15H26N4O/c1-11(2)10-13(20)17-7-4-5-8-18-15-14(16)12(3)6-9-19-15/h6,9,11H,4-5,7-8,10,16H2,1-3H3,(H,17,20)(H,18,19). The number of nitrogens with zero attached hydrogens (tertiary/aromatic N) is 1. The molecule has 4 N–H and O–H groups in total. The average molecular weight is 278 g/mol. The summed E-state index contributed by atoms with van der Waals surface area (Å²) in [5.41, 5.74) is 7.66. The molecule has 0 aliphatic carbocycles. The van der Waals surface area contributed by atoms with Crippen LogP contribution in [0.3, 0.4) is 0 Å². The molecule has 0 aromatic carbocycles. The van der Waals surface area contributed by atoms with Crippen molar-refractivity contribution in [3.05, 3.63) is 17.8 Å². The van der Waals surface area contributed by atoms with Crippen LogP contribution in [0.5, 0.6) is 0 Å². The minimum Gasteiger partial charge on any atom is -0.396 e. The number of nitrogens with one attached hydrogen (secondary N) is 2. The molecule has 0 saturated heterocycles. The average Bonchev–Trinajstić information content (AvgIpc) is 2.37. The number of hydrogen-bond acceptors (Lipinski definition) is 4. The van der Waals surface area contributed by atoms with E-state index in [9.17, 15) is 4.79 Å². The third-order valence-electron chi connectivity index (χ3n) is 3.02. The van der Waals surface area contributed by atoms with Gasteiger partial charge in [0.25, 0.3) is 0 Å². The molecule has 0 spiro atoms. The normalized spacial score (nSPS) is 10.6. The van der Waals surface area contributed by atoms with E-state index in [0.717, 1.165) is 37.3 Å². The van der Waals surface area contributed by atoms with Crippen molar-refractivity contribution >= 4 is 17.4 Å². The van der Waals surface area contributed by atoms with Crippen LogP contribution in [-0.4, -0.2) is 24.0 Å². The zero-order valence-corrected chi connectivity index (χ0v) is 12.7. The zero-order valence-electron chi connectivity index (χ0n) is 12.7. The molecule has 5 nitrogen and oxygen atoms in total. The van der Waals surface area contributed by atoms with Crippen LogP contribution < -0.4 is 16.4 Å². The molecule has 1 heterocycles. The summed E-state index contributed by atoms with van der Waals surface area (Å²) in [4.78, 5) is 15.6. The van der Waals surface area contributed by atoms with E-state index in [1.54, 1.807) is 6.20 Å². The molecular weight excluding hydrogens is 252 g/mol. The molecule has 0 radical (unpaired) electrons. The predicted molar refractivity (Wildman–Crippen MR) is 83.6 cm³/mol. The number of unbranched alkanes of at least 4 members (excludes halogenated alkanes) is 1. The Morgan fingerprint density at radius 1 is 1.35 bits per heavy atom. The molecule has 20 heavy (non-hydrogen) atoms. The fourth-order valence-electron chi connectivity index (χ4n) is 1.84. The van der Waals surface area contributed by atoms with E-state index in [4.69, 9.17) is 5.73 Å². The van der Waals surface area contributed by atoms with E-state index in [1.165, 1.54) is 0 Å². The molecule has 0 saturated carbocycles. The number of nitrogen functional groups attached to an aromatic ring is 1. The molecule has 1 amide bonds. The Labute approximate surface area is 121 Å². The number of nitrogens with two attached hydrogens (primary N) is 1. The zero-order chi connectivity index (χ0) is 15.0. The first-order valence-electron chi connectivity index (χ1n) is 7.22. The predicted octanol–water partition coefficient (Wildman–Crippen LogP) is 2.33. The van der Waals surface area contributed by atoms with Crippen molar-refractivity contribution in [2.75, 3.05) is 24.1 Å². The quantitative estimate of drug-likeness (QED) is 0.638. The lowest BCUT2D eigenvalue weighted by molar-refractivity contribution is -0.121. The monoisotopic (exact) mass is 278 g/mol. The molecule has 1 aromatic rings. The van der Waals surface area contributed by atoms with Gasteiger partial charge in [-0.1, -0.05) is 13.8 Å². The molecule has 5 heteroatoms. The van der Waals surface area contributed by atoms with E-state index >= 15 is 0 Å². The Balaban J connectivity index is 2.13. The number of hydrogen-bond donors (Lipinski definition) is 3. The highest BCUT2D eigenvalue weighted by molar-refractivity contribution is 5.75. The van der Waals surface area contributed by atoms with Gasteiger partial charge in [0.05, 0.1) is 5.69 Å². The van der Waals surface area contributed by atoms with Crippen LogP contribution in [0.1, 0.15) is 38.7 Å². The van der Waals surface area contributed by atoms with Gasteiger partial charge in [-0.15, -0.1) is 0 Å². The number of carbonyl (C=O) groups excluding carboxylic acids is 1. The number of rotatable bonds is 8. The highest BCUT2D eigenvalue weighted by Crippen LogP contribution is 2.18. The second kappa shape index (κ2) is 8.40. The molecule has 0 aliphatic rings. The van der Waals surface area contributed by atoms with Crippen molar-refractivity contribution in [2.45, 2.75) is 40.0 Å². The van der Waals surface area contributed by atoms with Crippen molar-refractivity contribution < 1.29 is 4.79 Å². The summed E-state index contributed by atoms with van der Waals surface area (Å²) in [7, 11) is 0. The van der Waals surface area contributed by atoms with Crippen LogP contribution in [0, 0.1) is 12.8 Å². The Morgan fingerprint density at radius 2 is 2.05 bits per heavy atom. The van der Waals surface area contributed by atoms with Crippen LogP contribution in [0.25, 0.3) is 0 Å². The van der Waals surface area contributed by atoms with Gasteiger partial charge in [-0.2, -0.15) is 0 Å². The molecule has 1 aromatic heterocycles. The SMILES string of the molecule is Cc1ccnc(NCCCCNC(=O)CC(C)C)c1N. The lowest BCUT2D eigenvalue weighted by atomic mass is 10.1. The molecule has 0 bridgehead atoms. The van der Waals surface area contributed by atoms with E-state index < -0.39 is 0 Å². The number of carbonyl (C=O) groups is 1. The number of anilines is 2. The van der Waals surface area contributed by atoms with Gasteiger partial charge in [-0.05, 0) is 37.3 Å². The minimum atomic E-state index is 0.137. The lowest BCUT2D eigenvalue weighted by Gasteiger charge is -2.10. The van der Waals surface area contributed by atoms with E-state index in [-0.39, 0.29) is 5.91 Å². The summed E-state index contributed by atoms with van der Waals surface area (Å²) in [5.74, 6) is 1.29. The maximum Gasteiger partial charge on any atom is 0.220 e. The van der Waals surface area contributed by atoms with E-state index in [1.807, 2.05) is 26.8 Å². The number of pyridine rings is 1. The fourth-order valence-corrected chi connectivity index (χ4v) is 1.84. The smallest absolute Gasteiger partial charge is 0.220 e. The second-order valence-electron chi connectivity index (χ2n) is 5.47. The summed E-state index contributed by atoms with van der Waals surface area (Å²) >= 11 is 0. The van der Waals surface area contributed by atoms with E-state index in [2.05, 4.69) is 15.6 Å². The lowest BCUT2D eigenvalue weighted by Crippen LogP contribution is -2.25. The first kappa shape index (κ1) is 16.3. The summed E-state index contributed by atoms with van der Waals surface area (Å²) in [6.45, 7) is 7.59. The third-order valence-corrected chi connectivity index (χ3v) is 3.02. The van der Waals surface area contributed by atoms with Gasteiger partial charge in [0.15, 0.2) is 0 Å². The van der Waals surface area contributed by atoms with Crippen LogP contribution in [-0.2, 0) is 4.79 Å². The van der Waals surface area contributed by atoms with Crippen LogP contribution in [0.4, 0.5) is 11.5 Å². The first-order chi connectivity index (χ1) is 9.50. The first-order valence-corrected chi connectivity index (χ1v) is 7.22. The van der Waals surface area contributed by atoms with Gasteiger partial charge < -0.3 is 16.4 Å². The van der Waals surface area contributed by atoms with Gasteiger partial charge in [0.1, 0.15) is 5.82 Å². The second-order valence-corrected chi connectivity index (χ2v) is 5.47. The Bertz CT molecular complexity index is 432. The molecule has 0 aliphatic heterocycles. The van der Waals surface area contributed by atoms with Crippen molar-refractivity contribution in [2.24, 2.45) is 5.92 Å². The molecule has 112 valence electrons. The largest absolute Gasteiger partial charge is 0.396 e. The fraction of sp³-hybridized carbons (Fsp3) is 0.600. The van der Waals surface area contributed by atoms with E-state index in [0.29, 0.717) is 18.0 Å². The van der Waals surface area contributed by atoms with Gasteiger partial charge in [0, 0.05) is 25.7 Å². The molecular formula is C15H26N4O. The van der Waals surface area contributed by atoms with Crippen LogP contribution in [0.2, 0.25) is 0 Å². The Kier molecular flexibility index (Phi) is 6.84. The summed E-state index contributed by atoms with van der Waals surface area (Å²) in [6, 6.07) is 1.89. The van der Waals surface area contributed by atoms with Gasteiger partial charge >= 0.3 is 0 Å². The number of amides is 1. The van der Waals surface area contributed by atoms with Crippen molar-refractivity contribution in [1.29, 1.82) is 0 Å². The highest BCUT2D eigenvalue weighted by atomic mass is 16.1. The number of aromatic nitrogens is 1. The molecule has 0 fully saturated rings. The van der Waals surface area contributed by atoms with Crippen molar-refractivity contribution in [1.82, 2.24) is 10.3 Å². The third kappa shape index (κ3) is 5.91. The van der Waals surface area contributed by atoms with Gasteiger partial charge in [0.2, 0.25) is 5.91 Å². The molecule has 1 rings (SSSR count). The van der Waals surface area contributed by atoms with Crippen molar-refractivity contribution in [3.8, 4) is 0 Å². The summed E-state index contributed by atoms with van der Waals surface area (Å²) in [5, 5.41) is 6.15. The maximum atomic E-state index is 11.4. The molecule has 0 unspecified atom stereocenters. The summed E-state index contributed by atoms with van der Waals surface area (Å²) < 4.78 is 0. The molecule has 0 atom stereocenters. The minimum absolute atomic E-state index is 0.137.